The van der Waals surface area contributed by atoms with Gasteiger partial charge in [0.25, 0.3) is 5.91 Å². The Balaban J connectivity index is 1.64. The van der Waals surface area contributed by atoms with Gasteiger partial charge in [0.05, 0.1) is 6.04 Å². The fraction of sp³-hybridized carbons (Fsp3) is 0.458. The molecule has 3 rings (SSSR count). The Bertz CT molecular complexity index is 847. The van der Waals surface area contributed by atoms with Crippen LogP contribution in [0.5, 0.6) is 11.5 Å². The van der Waals surface area contributed by atoms with Crippen molar-refractivity contribution in [2.45, 2.75) is 65.0 Å². The number of aryl methyl sites for hydroxylation is 1. The van der Waals surface area contributed by atoms with Crippen molar-refractivity contribution in [3.8, 4) is 11.5 Å². The number of hydrogen-bond acceptors (Lipinski definition) is 3. The average molecular weight is 382 g/mol. The Morgan fingerprint density at radius 1 is 1.18 bits per heavy atom. The van der Waals surface area contributed by atoms with Gasteiger partial charge in [-0.2, -0.15) is 0 Å². The zero-order valence-corrected chi connectivity index (χ0v) is 17.8. The molecule has 0 fully saturated rings. The van der Waals surface area contributed by atoms with Gasteiger partial charge in [0.15, 0.2) is 6.61 Å². The number of ether oxygens (including phenoxy) is 2. The van der Waals surface area contributed by atoms with Crippen molar-refractivity contribution in [1.82, 2.24) is 5.32 Å². The van der Waals surface area contributed by atoms with Crippen LogP contribution in [0.2, 0.25) is 0 Å². The molecule has 1 unspecified atom stereocenters. The summed E-state index contributed by atoms with van der Waals surface area (Å²) in [5.74, 6) is 1.41. The molecule has 0 saturated carbocycles. The summed E-state index contributed by atoms with van der Waals surface area (Å²) in [6, 6.07) is 14.0. The minimum Gasteiger partial charge on any atom is -0.487 e. The molecule has 1 N–H and O–H groups in total. The van der Waals surface area contributed by atoms with E-state index in [4.69, 9.17) is 9.47 Å². The summed E-state index contributed by atoms with van der Waals surface area (Å²) in [7, 11) is 0. The molecule has 2 aromatic carbocycles. The topological polar surface area (TPSA) is 47.6 Å². The third-order valence-electron chi connectivity index (χ3n) is 5.05. The zero-order chi connectivity index (χ0) is 20.5. The van der Waals surface area contributed by atoms with Crippen LogP contribution in [0.25, 0.3) is 0 Å². The number of benzene rings is 2. The van der Waals surface area contributed by atoms with E-state index < -0.39 is 0 Å². The summed E-state index contributed by atoms with van der Waals surface area (Å²) in [5.41, 5.74) is 3.18. The van der Waals surface area contributed by atoms with Crippen molar-refractivity contribution in [3.05, 3.63) is 59.2 Å². The standard InChI is InChI=1S/C24H31NO3/c1-16-7-12-21-19(13-16)20(14-24(5,6)28-21)25-22(26)15-27-18-10-8-17(9-11-18)23(2,3)4/h7-13,20H,14-15H2,1-6H3,(H,25,26). The third-order valence-corrected chi connectivity index (χ3v) is 5.05. The van der Waals surface area contributed by atoms with Crippen LogP contribution in [0, 0.1) is 6.92 Å². The van der Waals surface area contributed by atoms with E-state index >= 15 is 0 Å². The van der Waals surface area contributed by atoms with Crippen molar-refractivity contribution in [2.75, 3.05) is 6.61 Å². The number of carbonyl (C=O) groups excluding carboxylic acids is 1. The van der Waals surface area contributed by atoms with E-state index in [1.165, 1.54) is 5.56 Å². The molecule has 2 aromatic rings. The van der Waals surface area contributed by atoms with E-state index in [2.05, 4.69) is 32.2 Å². The van der Waals surface area contributed by atoms with Gasteiger partial charge in [-0.25, -0.2) is 0 Å². The largest absolute Gasteiger partial charge is 0.487 e. The minimum atomic E-state index is -0.330. The third kappa shape index (κ3) is 4.86. The van der Waals surface area contributed by atoms with Gasteiger partial charge in [0, 0.05) is 12.0 Å². The molecule has 0 aromatic heterocycles. The Morgan fingerprint density at radius 2 is 1.86 bits per heavy atom. The van der Waals surface area contributed by atoms with E-state index in [9.17, 15) is 4.79 Å². The fourth-order valence-electron chi connectivity index (χ4n) is 3.54. The molecule has 4 heteroatoms. The van der Waals surface area contributed by atoms with Crippen molar-refractivity contribution in [2.24, 2.45) is 0 Å². The highest BCUT2D eigenvalue weighted by Gasteiger charge is 2.34. The molecule has 1 aliphatic rings. The van der Waals surface area contributed by atoms with Crippen molar-refractivity contribution < 1.29 is 14.3 Å². The van der Waals surface area contributed by atoms with Gasteiger partial charge in [0.2, 0.25) is 0 Å². The van der Waals surface area contributed by atoms with E-state index in [1.54, 1.807) is 0 Å². The highest BCUT2D eigenvalue weighted by molar-refractivity contribution is 5.78. The molecule has 28 heavy (non-hydrogen) atoms. The Kier molecular flexibility index (Phi) is 5.42. The van der Waals surface area contributed by atoms with Crippen LogP contribution >= 0.6 is 0 Å². The zero-order valence-electron chi connectivity index (χ0n) is 17.8. The number of amides is 1. The second kappa shape index (κ2) is 7.50. The van der Waals surface area contributed by atoms with Crippen LogP contribution in [0.3, 0.4) is 0 Å². The predicted octanol–water partition coefficient (Wildman–Crippen LogP) is 5.09. The number of rotatable bonds is 4. The van der Waals surface area contributed by atoms with Crippen LogP contribution in [-0.4, -0.2) is 18.1 Å². The minimum absolute atomic E-state index is 0.00615. The lowest BCUT2D eigenvalue weighted by Crippen LogP contribution is -2.42. The number of fused-ring (bicyclic) bond motifs is 1. The summed E-state index contributed by atoms with van der Waals surface area (Å²) in [6.45, 7) is 12.6. The van der Waals surface area contributed by atoms with Gasteiger partial charge in [-0.05, 0) is 49.9 Å². The van der Waals surface area contributed by atoms with E-state index in [0.717, 1.165) is 23.3 Å². The monoisotopic (exact) mass is 381 g/mol. The Morgan fingerprint density at radius 3 is 2.50 bits per heavy atom. The maximum atomic E-state index is 12.5. The number of hydrogen-bond donors (Lipinski definition) is 1. The molecular formula is C24H31NO3. The van der Waals surface area contributed by atoms with Gasteiger partial charge in [-0.15, -0.1) is 0 Å². The number of carbonyl (C=O) groups is 1. The van der Waals surface area contributed by atoms with Crippen LogP contribution < -0.4 is 14.8 Å². The summed E-state index contributed by atoms with van der Waals surface area (Å²) < 4.78 is 11.8. The lowest BCUT2D eigenvalue weighted by molar-refractivity contribution is -0.124. The first-order valence-corrected chi connectivity index (χ1v) is 9.86. The molecule has 0 aliphatic carbocycles. The smallest absolute Gasteiger partial charge is 0.258 e. The van der Waals surface area contributed by atoms with Crippen molar-refractivity contribution in [3.63, 3.8) is 0 Å². The average Bonchev–Trinajstić information content (AvgIpc) is 2.59. The summed E-state index contributed by atoms with van der Waals surface area (Å²) in [6.07, 6.45) is 0.718. The predicted molar refractivity (Wildman–Crippen MR) is 112 cm³/mol. The quantitative estimate of drug-likeness (QED) is 0.802. The van der Waals surface area contributed by atoms with Gasteiger partial charge >= 0.3 is 0 Å². The molecular weight excluding hydrogens is 350 g/mol. The molecule has 1 aliphatic heterocycles. The molecule has 0 spiro atoms. The first kappa shape index (κ1) is 20.2. The van der Waals surface area contributed by atoms with Crippen LogP contribution in [0.15, 0.2) is 42.5 Å². The molecule has 4 nitrogen and oxygen atoms in total. The van der Waals surface area contributed by atoms with Crippen LogP contribution in [0.4, 0.5) is 0 Å². The van der Waals surface area contributed by atoms with Gasteiger partial charge in [0.1, 0.15) is 17.1 Å². The van der Waals surface area contributed by atoms with Crippen molar-refractivity contribution >= 4 is 5.91 Å². The van der Waals surface area contributed by atoms with Gasteiger partial charge in [-0.1, -0.05) is 50.6 Å². The van der Waals surface area contributed by atoms with Gasteiger partial charge < -0.3 is 14.8 Å². The SMILES string of the molecule is Cc1ccc2c(c1)C(NC(=O)COc1ccc(C(C)(C)C)cc1)CC(C)(C)O2. The second-order valence-corrected chi connectivity index (χ2v) is 9.29. The second-order valence-electron chi connectivity index (χ2n) is 9.29. The normalized spacial score (nSPS) is 18.0. The lowest BCUT2D eigenvalue weighted by atomic mass is 9.87. The van der Waals surface area contributed by atoms with Crippen LogP contribution in [-0.2, 0) is 10.2 Å². The molecule has 1 heterocycles. The summed E-state index contributed by atoms with van der Waals surface area (Å²) in [5, 5.41) is 3.12. The van der Waals surface area contributed by atoms with E-state index in [0.29, 0.717) is 5.75 Å². The maximum Gasteiger partial charge on any atom is 0.258 e. The molecule has 150 valence electrons. The number of nitrogens with one attached hydrogen (secondary N) is 1. The molecule has 1 amide bonds. The highest BCUT2D eigenvalue weighted by Crippen LogP contribution is 2.39. The highest BCUT2D eigenvalue weighted by atomic mass is 16.5. The Labute approximate surface area is 168 Å². The lowest BCUT2D eigenvalue weighted by Gasteiger charge is -2.38. The van der Waals surface area contributed by atoms with E-state index in [-0.39, 0.29) is 29.6 Å². The first-order chi connectivity index (χ1) is 13.0. The summed E-state index contributed by atoms with van der Waals surface area (Å²) >= 11 is 0. The van der Waals surface area contributed by atoms with Crippen molar-refractivity contribution in [1.29, 1.82) is 0 Å². The van der Waals surface area contributed by atoms with Crippen LogP contribution in [0.1, 0.15) is 63.8 Å². The summed E-state index contributed by atoms with van der Waals surface area (Å²) in [4.78, 5) is 12.5. The molecule has 0 saturated heterocycles. The molecule has 0 bridgehead atoms. The molecule has 0 radical (unpaired) electrons. The van der Waals surface area contributed by atoms with Gasteiger partial charge in [-0.3, -0.25) is 4.79 Å². The Hall–Kier alpha value is -2.49. The maximum absolute atomic E-state index is 12.5. The fourth-order valence-corrected chi connectivity index (χ4v) is 3.54. The van der Waals surface area contributed by atoms with E-state index in [1.807, 2.05) is 57.2 Å². The first-order valence-electron chi connectivity index (χ1n) is 9.86. The molecule has 1 atom stereocenters.